The van der Waals surface area contributed by atoms with Crippen molar-refractivity contribution >= 4 is 24.0 Å². The monoisotopic (exact) mass is 208 g/mol. The van der Waals surface area contributed by atoms with E-state index >= 15 is 0 Å². The zero-order chi connectivity index (χ0) is 0. The minimum atomic E-state index is 0. The topological polar surface area (TPSA) is 57.0 Å². The molecular formula is HIO2Ti. The molecule has 0 aliphatic rings. The molecule has 0 aliphatic carbocycles. The van der Waals surface area contributed by atoms with Gasteiger partial charge in [-0.1, -0.05) is 0 Å². The van der Waals surface area contributed by atoms with Crippen molar-refractivity contribution in [2.45, 2.75) is 0 Å². The van der Waals surface area contributed by atoms with Crippen LogP contribution < -0.4 is 0 Å². The quantitative estimate of drug-likeness (QED) is 0.408. The van der Waals surface area contributed by atoms with Crippen LogP contribution >= 0.6 is 24.0 Å². The van der Waals surface area contributed by atoms with Gasteiger partial charge in [-0.15, -0.1) is 24.0 Å². The molecule has 2 nitrogen and oxygen atoms in total. The average molecular weight is 208 g/mol. The molecule has 0 rings (SSSR count). The fourth-order valence-corrected chi connectivity index (χ4v) is 0. The van der Waals surface area contributed by atoms with Gasteiger partial charge in [0.2, 0.25) is 0 Å². The van der Waals surface area contributed by atoms with Gasteiger partial charge in [0.05, 0.1) is 0 Å². The van der Waals surface area contributed by atoms with Crippen molar-refractivity contribution in [3.05, 3.63) is 0 Å². The van der Waals surface area contributed by atoms with E-state index in [-0.39, 0.29) is 56.6 Å². The maximum atomic E-state index is 0. The van der Waals surface area contributed by atoms with Crippen molar-refractivity contribution in [3.8, 4) is 0 Å². The average Bonchev–Trinajstić information content (AvgIpc) is 0. The number of rotatable bonds is 0. The van der Waals surface area contributed by atoms with E-state index in [1.807, 2.05) is 0 Å². The Morgan fingerprint density at radius 2 is 0.750 bits per heavy atom. The molecule has 0 N–H and O–H groups in total. The Labute approximate surface area is 56.5 Å². The molecule has 4 heavy (non-hydrogen) atoms. The summed E-state index contributed by atoms with van der Waals surface area (Å²) in [6, 6.07) is 0. The Morgan fingerprint density at radius 3 is 0.750 bits per heavy atom. The van der Waals surface area contributed by atoms with Crippen molar-refractivity contribution in [1.29, 1.82) is 0 Å². The minimum Gasteiger partial charge on any atom is -2.00 e. The first-order chi connectivity index (χ1) is 0. The molecule has 0 aromatic rings. The van der Waals surface area contributed by atoms with Crippen LogP contribution in [0.1, 0.15) is 0 Å². The third-order valence-corrected chi connectivity index (χ3v) is 0. The molecule has 0 unspecified atom stereocenters. The summed E-state index contributed by atoms with van der Waals surface area (Å²) in [7, 11) is 0. The molecule has 0 atom stereocenters. The van der Waals surface area contributed by atoms with Gasteiger partial charge in [0.1, 0.15) is 0 Å². The SMILES string of the molecule is I.[O-2].[O-2].[Ti+4]. The van der Waals surface area contributed by atoms with E-state index < -0.39 is 0 Å². The predicted molar refractivity (Wildman–Crippen MR) is 16.8 cm³/mol. The second-order valence-electron chi connectivity index (χ2n) is 0. The number of hydrogen-bond acceptors (Lipinski definition) is 0. The van der Waals surface area contributed by atoms with E-state index in [4.69, 9.17) is 0 Å². The summed E-state index contributed by atoms with van der Waals surface area (Å²) in [5, 5.41) is 0. The fourth-order valence-electron chi connectivity index (χ4n) is 0. The van der Waals surface area contributed by atoms with Crippen molar-refractivity contribution in [2.75, 3.05) is 0 Å². The van der Waals surface area contributed by atoms with Crippen LogP contribution in [0.5, 0.6) is 0 Å². The van der Waals surface area contributed by atoms with E-state index in [9.17, 15) is 0 Å². The first kappa shape index (κ1) is 54.9. The largest absolute Gasteiger partial charge is 4.00 e. The summed E-state index contributed by atoms with van der Waals surface area (Å²) >= 11 is 0. The molecule has 0 bridgehead atoms. The van der Waals surface area contributed by atoms with Gasteiger partial charge < -0.3 is 11.0 Å². The molecule has 24 valence electrons. The fraction of sp³-hybridized carbons (Fsp3) is 0. The summed E-state index contributed by atoms with van der Waals surface area (Å²) in [5.41, 5.74) is 0. The van der Waals surface area contributed by atoms with Crippen molar-refractivity contribution in [3.63, 3.8) is 0 Å². The second-order valence-corrected chi connectivity index (χ2v) is 0. The molecule has 4 heteroatoms. The molecule has 0 aromatic carbocycles. The Kier molecular flexibility index (Phi) is 364. The molecule has 0 amide bonds. The standard InChI is InChI=1S/HI.2O.Ti/h1H;;;/q;2*-2;+4. The van der Waals surface area contributed by atoms with Gasteiger partial charge >= 0.3 is 21.7 Å². The van der Waals surface area contributed by atoms with E-state index in [1.54, 1.807) is 0 Å². The van der Waals surface area contributed by atoms with Gasteiger partial charge in [-0.05, 0) is 0 Å². The summed E-state index contributed by atoms with van der Waals surface area (Å²) in [4.78, 5) is 0. The Morgan fingerprint density at radius 1 is 0.750 bits per heavy atom. The zero-order valence-corrected chi connectivity index (χ0v) is 5.62. The number of hydrogen-bond donors (Lipinski definition) is 0. The van der Waals surface area contributed by atoms with Crippen LogP contribution in [0.3, 0.4) is 0 Å². The van der Waals surface area contributed by atoms with Crippen LogP contribution in [0.15, 0.2) is 0 Å². The maximum absolute atomic E-state index is 0. The summed E-state index contributed by atoms with van der Waals surface area (Å²) in [6.07, 6.45) is 0. The first-order valence-electron chi connectivity index (χ1n) is 0. The molecule has 0 fully saturated rings. The van der Waals surface area contributed by atoms with Crippen LogP contribution in [0.4, 0.5) is 0 Å². The first-order valence-corrected chi connectivity index (χ1v) is 0. The Balaban J connectivity index is 0. The maximum Gasteiger partial charge on any atom is 4.00 e. The van der Waals surface area contributed by atoms with Crippen LogP contribution in [0.25, 0.3) is 0 Å². The summed E-state index contributed by atoms with van der Waals surface area (Å²) < 4.78 is 0. The predicted octanol–water partition coefficient (Wildman–Crippen LogP) is 0.378. The molecule has 0 aliphatic heterocycles. The Hall–Kier alpha value is 1.36. The molecule has 0 radical (unpaired) electrons. The van der Waals surface area contributed by atoms with Crippen molar-refractivity contribution < 1.29 is 32.7 Å². The zero-order valence-electron chi connectivity index (χ0n) is 1.72. The van der Waals surface area contributed by atoms with Gasteiger partial charge in [-0.25, -0.2) is 0 Å². The molecule has 0 saturated heterocycles. The van der Waals surface area contributed by atoms with Gasteiger partial charge in [0.15, 0.2) is 0 Å². The molecular weight excluding hydrogens is 207 g/mol. The molecule has 0 heterocycles. The van der Waals surface area contributed by atoms with Gasteiger partial charge in [-0.2, -0.15) is 0 Å². The third kappa shape index (κ3) is 10.1. The smallest absolute Gasteiger partial charge is 2.00 e. The number of halogens is 1. The van der Waals surface area contributed by atoms with Crippen molar-refractivity contribution in [2.24, 2.45) is 0 Å². The van der Waals surface area contributed by atoms with E-state index in [1.165, 1.54) is 0 Å². The minimum absolute atomic E-state index is 0. The van der Waals surface area contributed by atoms with E-state index in [0.717, 1.165) is 0 Å². The van der Waals surface area contributed by atoms with Gasteiger partial charge in [0.25, 0.3) is 0 Å². The van der Waals surface area contributed by atoms with Crippen LogP contribution in [-0.4, -0.2) is 0 Å². The third-order valence-electron chi connectivity index (χ3n) is 0. The van der Waals surface area contributed by atoms with Gasteiger partial charge in [-0.3, -0.25) is 0 Å². The van der Waals surface area contributed by atoms with E-state index in [0.29, 0.717) is 0 Å². The molecule has 0 saturated carbocycles. The second kappa shape index (κ2) is 26.5. The summed E-state index contributed by atoms with van der Waals surface area (Å²) in [6.45, 7) is 0. The molecule has 0 spiro atoms. The Bertz CT molecular complexity index is 6.00. The van der Waals surface area contributed by atoms with E-state index in [2.05, 4.69) is 0 Å². The summed E-state index contributed by atoms with van der Waals surface area (Å²) in [5.74, 6) is 0. The van der Waals surface area contributed by atoms with Gasteiger partial charge in [0, 0.05) is 0 Å². The van der Waals surface area contributed by atoms with Crippen LogP contribution in [0.2, 0.25) is 0 Å². The van der Waals surface area contributed by atoms with Crippen molar-refractivity contribution in [1.82, 2.24) is 0 Å². The normalized spacial score (nSPS) is 0. The molecule has 0 aromatic heterocycles. The van der Waals surface area contributed by atoms with Crippen LogP contribution in [-0.2, 0) is 32.7 Å². The van der Waals surface area contributed by atoms with Crippen LogP contribution in [0, 0.1) is 0 Å².